The summed E-state index contributed by atoms with van der Waals surface area (Å²) in [6.07, 6.45) is 5.17. The highest BCUT2D eigenvalue weighted by Gasteiger charge is 2.28. The Labute approximate surface area is 133 Å². The summed E-state index contributed by atoms with van der Waals surface area (Å²) in [6.45, 7) is 5.00. The molecule has 3 nitrogen and oxygen atoms in total. The zero-order valence-corrected chi connectivity index (χ0v) is 13.9. The molecule has 0 aliphatic heterocycles. The smallest absolute Gasteiger partial charge is 0.137 e. The van der Waals surface area contributed by atoms with Gasteiger partial charge in [0, 0.05) is 12.6 Å². The number of nitrogens with zero attached hydrogens (tertiary/aromatic N) is 1. The molecule has 0 heterocycles. The molecule has 0 bridgehead atoms. The van der Waals surface area contributed by atoms with Crippen LogP contribution in [0.2, 0.25) is 5.02 Å². The van der Waals surface area contributed by atoms with Crippen LogP contribution in [-0.4, -0.2) is 31.1 Å². The van der Waals surface area contributed by atoms with Gasteiger partial charge in [-0.3, -0.25) is 4.90 Å². The van der Waals surface area contributed by atoms with Crippen LogP contribution in [-0.2, 0) is 6.54 Å². The van der Waals surface area contributed by atoms with Crippen molar-refractivity contribution in [3.63, 3.8) is 0 Å². The number of ether oxygens (including phenoxy) is 1. The van der Waals surface area contributed by atoms with Crippen molar-refractivity contribution >= 4 is 11.6 Å². The van der Waals surface area contributed by atoms with E-state index in [0.717, 1.165) is 25.4 Å². The van der Waals surface area contributed by atoms with E-state index < -0.39 is 0 Å². The van der Waals surface area contributed by atoms with Crippen LogP contribution in [0.5, 0.6) is 5.75 Å². The molecule has 1 aromatic rings. The fourth-order valence-corrected chi connectivity index (χ4v) is 3.73. The Morgan fingerprint density at radius 2 is 2.10 bits per heavy atom. The SMILES string of the molecule is CCN(Cc1ccc(OC)c(Cl)c1)C1CCCCC1CN. The van der Waals surface area contributed by atoms with E-state index in [1.807, 2.05) is 12.1 Å². The van der Waals surface area contributed by atoms with Gasteiger partial charge in [0.05, 0.1) is 12.1 Å². The number of benzene rings is 1. The molecule has 2 unspecified atom stereocenters. The monoisotopic (exact) mass is 310 g/mol. The van der Waals surface area contributed by atoms with Gasteiger partial charge in [-0.1, -0.05) is 37.4 Å². The molecular formula is C17H27ClN2O. The predicted octanol–water partition coefficient (Wildman–Crippen LogP) is 3.69. The second-order valence-corrected chi connectivity index (χ2v) is 6.29. The maximum Gasteiger partial charge on any atom is 0.137 e. The van der Waals surface area contributed by atoms with E-state index in [-0.39, 0.29) is 0 Å². The largest absolute Gasteiger partial charge is 0.495 e. The summed E-state index contributed by atoms with van der Waals surface area (Å²) in [6, 6.07) is 6.68. The third-order valence-electron chi connectivity index (χ3n) is 4.65. The molecule has 4 heteroatoms. The van der Waals surface area contributed by atoms with Crippen molar-refractivity contribution in [1.82, 2.24) is 4.90 Å². The molecular weight excluding hydrogens is 284 g/mol. The number of nitrogens with two attached hydrogens (primary N) is 1. The molecule has 21 heavy (non-hydrogen) atoms. The summed E-state index contributed by atoms with van der Waals surface area (Å²) in [5.41, 5.74) is 7.22. The van der Waals surface area contributed by atoms with Gasteiger partial charge in [-0.2, -0.15) is 0 Å². The van der Waals surface area contributed by atoms with Gasteiger partial charge in [-0.25, -0.2) is 0 Å². The minimum absolute atomic E-state index is 0.606. The lowest BCUT2D eigenvalue weighted by Crippen LogP contribution is -2.44. The molecule has 118 valence electrons. The van der Waals surface area contributed by atoms with Gasteiger partial charge in [0.25, 0.3) is 0 Å². The van der Waals surface area contributed by atoms with Crippen LogP contribution in [0.1, 0.15) is 38.2 Å². The molecule has 2 N–H and O–H groups in total. The zero-order chi connectivity index (χ0) is 15.2. The molecule has 0 aromatic heterocycles. The lowest BCUT2D eigenvalue weighted by atomic mass is 9.83. The first-order valence-corrected chi connectivity index (χ1v) is 8.33. The Balaban J connectivity index is 2.09. The standard InChI is InChI=1S/C17H27ClN2O/c1-3-20(16-7-5-4-6-14(16)11-19)12-13-8-9-17(21-2)15(18)10-13/h8-10,14,16H,3-7,11-12,19H2,1-2H3. The summed E-state index contributed by atoms with van der Waals surface area (Å²) in [4.78, 5) is 2.55. The van der Waals surface area contributed by atoms with Crippen molar-refractivity contribution in [1.29, 1.82) is 0 Å². The summed E-state index contributed by atoms with van der Waals surface area (Å²) in [5.74, 6) is 1.37. The topological polar surface area (TPSA) is 38.5 Å². The maximum absolute atomic E-state index is 6.23. The average Bonchev–Trinajstić information content (AvgIpc) is 2.52. The summed E-state index contributed by atoms with van der Waals surface area (Å²) in [7, 11) is 1.65. The second kappa shape index (κ2) is 8.02. The maximum atomic E-state index is 6.23. The van der Waals surface area contributed by atoms with E-state index >= 15 is 0 Å². The fraction of sp³-hybridized carbons (Fsp3) is 0.647. The quantitative estimate of drug-likeness (QED) is 0.871. The third kappa shape index (κ3) is 4.12. The minimum Gasteiger partial charge on any atom is -0.495 e. The van der Waals surface area contributed by atoms with E-state index in [1.54, 1.807) is 7.11 Å². The van der Waals surface area contributed by atoms with Gasteiger partial charge in [0.15, 0.2) is 0 Å². The number of methoxy groups -OCH3 is 1. The molecule has 0 amide bonds. The van der Waals surface area contributed by atoms with E-state index in [2.05, 4.69) is 17.9 Å². The molecule has 0 saturated heterocycles. The Hall–Kier alpha value is -0.770. The van der Waals surface area contributed by atoms with Crippen molar-refractivity contribution in [3.05, 3.63) is 28.8 Å². The lowest BCUT2D eigenvalue weighted by molar-refractivity contribution is 0.105. The van der Waals surface area contributed by atoms with Crippen LogP contribution in [0.15, 0.2) is 18.2 Å². The first kappa shape index (κ1) is 16.6. The Morgan fingerprint density at radius 3 is 2.71 bits per heavy atom. The van der Waals surface area contributed by atoms with E-state index in [4.69, 9.17) is 22.1 Å². The predicted molar refractivity (Wildman–Crippen MR) is 88.9 cm³/mol. The highest BCUT2D eigenvalue weighted by Crippen LogP contribution is 2.30. The number of hydrogen-bond donors (Lipinski definition) is 1. The number of rotatable bonds is 6. The van der Waals surface area contributed by atoms with Crippen LogP contribution < -0.4 is 10.5 Å². The second-order valence-electron chi connectivity index (χ2n) is 5.88. The van der Waals surface area contributed by atoms with Gasteiger partial charge >= 0.3 is 0 Å². The van der Waals surface area contributed by atoms with Crippen LogP contribution in [0, 0.1) is 5.92 Å². The highest BCUT2D eigenvalue weighted by molar-refractivity contribution is 6.32. The van der Waals surface area contributed by atoms with Crippen LogP contribution in [0.4, 0.5) is 0 Å². The third-order valence-corrected chi connectivity index (χ3v) is 4.94. The molecule has 2 atom stereocenters. The van der Waals surface area contributed by atoms with Gasteiger partial charge in [0.2, 0.25) is 0 Å². The molecule has 0 spiro atoms. The molecule has 1 aliphatic rings. The van der Waals surface area contributed by atoms with E-state index in [1.165, 1.54) is 31.2 Å². The summed E-state index contributed by atoms with van der Waals surface area (Å²) >= 11 is 6.23. The van der Waals surface area contributed by atoms with E-state index in [9.17, 15) is 0 Å². The minimum atomic E-state index is 0.606. The van der Waals surface area contributed by atoms with Crippen LogP contribution >= 0.6 is 11.6 Å². The molecule has 1 saturated carbocycles. The number of halogens is 1. The first-order valence-electron chi connectivity index (χ1n) is 7.96. The Morgan fingerprint density at radius 1 is 1.33 bits per heavy atom. The molecule has 2 rings (SSSR count). The van der Waals surface area contributed by atoms with Crippen LogP contribution in [0.3, 0.4) is 0 Å². The van der Waals surface area contributed by atoms with Crippen molar-refractivity contribution in [3.8, 4) is 5.75 Å². The first-order chi connectivity index (χ1) is 10.2. The Kier molecular flexibility index (Phi) is 6.34. The molecule has 1 aromatic carbocycles. The van der Waals surface area contributed by atoms with E-state index in [0.29, 0.717) is 17.0 Å². The van der Waals surface area contributed by atoms with Crippen molar-refractivity contribution in [2.24, 2.45) is 11.7 Å². The molecule has 0 radical (unpaired) electrons. The van der Waals surface area contributed by atoms with Gasteiger partial charge in [-0.05, 0) is 49.5 Å². The highest BCUT2D eigenvalue weighted by atomic mass is 35.5. The summed E-state index contributed by atoms with van der Waals surface area (Å²) < 4.78 is 5.22. The van der Waals surface area contributed by atoms with Crippen molar-refractivity contribution < 1.29 is 4.74 Å². The summed E-state index contributed by atoms with van der Waals surface area (Å²) in [5, 5.41) is 0.685. The van der Waals surface area contributed by atoms with Crippen molar-refractivity contribution in [2.45, 2.75) is 45.2 Å². The van der Waals surface area contributed by atoms with Crippen molar-refractivity contribution in [2.75, 3.05) is 20.2 Å². The Bertz CT molecular complexity index is 452. The van der Waals surface area contributed by atoms with Gasteiger partial charge in [-0.15, -0.1) is 0 Å². The average molecular weight is 311 g/mol. The number of hydrogen-bond acceptors (Lipinski definition) is 3. The van der Waals surface area contributed by atoms with Crippen LogP contribution in [0.25, 0.3) is 0 Å². The van der Waals surface area contributed by atoms with Gasteiger partial charge < -0.3 is 10.5 Å². The normalized spacial score (nSPS) is 22.5. The van der Waals surface area contributed by atoms with Gasteiger partial charge in [0.1, 0.15) is 5.75 Å². The zero-order valence-electron chi connectivity index (χ0n) is 13.1. The fourth-order valence-electron chi connectivity index (χ4n) is 3.45. The lowest BCUT2D eigenvalue weighted by Gasteiger charge is -2.39. The molecule has 1 aliphatic carbocycles. The molecule has 1 fully saturated rings.